The van der Waals surface area contributed by atoms with E-state index in [0.717, 1.165) is 62.7 Å². The molecule has 4 aliphatic heterocycles. The summed E-state index contributed by atoms with van der Waals surface area (Å²) in [5.41, 5.74) is 4.28. The minimum Gasteiger partial charge on any atom is -0.356 e. The fourth-order valence-corrected chi connectivity index (χ4v) is 15.4. The van der Waals surface area contributed by atoms with Crippen LogP contribution in [0.1, 0.15) is 123 Å². The van der Waals surface area contributed by atoms with E-state index in [2.05, 4.69) is 30.7 Å². The van der Waals surface area contributed by atoms with Crippen molar-refractivity contribution in [1.82, 2.24) is 30.5 Å². The van der Waals surface area contributed by atoms with Crippen LogP contribution in [-0.2, 0) is 66.1 Å². The number of rotatable bonds is 25. The van der Waals surface area contributed by atoms with Crippen LogP contribution in [0.3, 0.4) is 0 Å². The number of fused-ring (bicyclic) bond motifs is 5. The number of amides is 3. The lowest BCUT2D eigenvalue weighted by molar-refractivity contribution is -0.438. The van der Waals surface area contributed by atoms with Crippen molar-refractivity contribution >= 4 is 96.1 Å². The molecule has 2 saturated heterocycles. The molecular weight excluding hydrogens is 1320 g/mol. The average molecular weight is 1400 g/mol. The molecule has 1 aliphatic carbocycles. The number of likely N-dealkylation sites (tertiary alicyclic amines) is 1. The van der Waals surface area contributed by atoms with Crippen LogP contribution in [-0.4, -0.2) is 137 Å². The molecule has 2 bridgehead atoms. The maximum atomic E-state index is 14.7. The van der Waals surface area contributed by atoms with E-state index in [1.165, 1.54) is 36.4 Å². The Kier molecular flexibility index (Phi) is 19.9. The van der Waals surface area contributed by atoms with Gasteiger partial charge in [-0.05, 0) is 148 Å². The number of carbonyl (C=O) groups excluding carboxylic acids is 3. The summed E-state index contributed by atoms with van der Waals surface area (Å²) in [5, 5.41) is 13.8. The predicted octanol–water partition coefficient (Wildman–Crippen LogP) is 11.3. The van der Waals surface area contributed by atoms with Crippen molar-refractivity contribution < 1.29 is 58.1 Å². The normalized spacial score (nSPS) is 18.7. The molecule has 96 heavy (non-hydrogen) atoms. The number of alkyl halides is 3. The Morgan fingerprint density at radius 2 is 1.42 bits per heavy atom. The lowest BCUT2D eigenvalue weighted by atomic mass is 9.81. The van der Waals surface area contributed by atoms with Gasteiger partial charge < -0.3 is 36.0 Å². The van der Waals surface area contributed by atoms with E-state index in [9.17, 15) is 53.5 Å². The van der Waals surface area contributed by atoms with Crippen molar-refractivity contribution in [3.05, 3.63) is 176 Å². The number of carbonyl (C=O) groups is 3. The van der Waals surface area contributed by atoms with E-state index >= 15 is 0 Å². The van der Waals surface area contributed by atoms with Crippen LogP contribution in [0, 0.1) is 0 Å². The average Bonchev–Trinajstić information content (AvgIpc) is 1.60. The van der Waals surface area contributed by atoms with Crippen LogP contribution in [0.2, 0.25) is 10.0 Å². The number of anilines is 4. The Labute approximate surface area is 567 Å². The van der Waals surface area contributed by atoms with Gasteiger partial charge in [0.1, 0.15) is 12.1 Å². The number of hydrogen-bond acceptors (Lipinski definition) is 14. The van der Waals surface area contributed by atoms with Gasteiger partial charge in [0.25, 0.3) is 26.1 Å². The maximum absolute atomic E-state index is 14.7. The number of nitrogens with zero attached hydrogens (tertiary/aromatic N) is 7. The van der Waals surface area contributed by atoms with Gasteiger partial charge >= 0.3 is 6.18 Å². The van der Waals surface area contributed by atoms with Gasteiger partial charge in [-0.25, -0.2) is 0 Å². The highest BCUT2D eigenvalue weighted by Crippen LogP contribution is 2.49. The van der Waals surface area contributed by atoms with E-state index in [0.29, 0.717) is 119 Å². The highest BCUT2D eigenvalue weighted by Gasteiger charge is 2.49. The van der Waals surface area contributed by atoms with Gasteiger partial charge in [-0.15, -0.1) is 0 Å². The lowest BCUT2D eigenvalue weighted by Crippen LogP contribution is -2.54. The second-order valence-corrected chi connectivity index (χ2v) is 29.8. The first-order valence-electron chi connectivity index (χ1n) is 32.1. The standard InChI is InChI=1S/C69H76Cl2F3N11O9S2/c1-6-82-56-27-24-50(95(89,90)91)37-52(56)66(2,3)58(82)20-15-21-59-67(4,5)53-38-51(96(92,93)94)25-28-57(53)83(59)33-13-7-8-22-60(86)75-30-11-12-31-76-62(88)68(39-45-16-9-10-17-46(45)40-68)81-64-78-63(77-32-29-43-23-26-54(70)55(71)34-43)79-65(80-64)85-42-48-36-49(85)41-84(48)61(87)44-18-14-19-47(35-44)69(72,73)74/h9-10,14-21,23-28,34-35,37-38,48-49H,6-8,11-13,22,29-33,36,39-42H2,1-5H3,(H5-,75,76,77,78,79,80,81,86,88,89,90,91,92,93,94)/p+1. The largest absolute Gasteiger partial charge is 0.416 e. The predicted molar refractivity (Wildman–Crippen MR) is 363 cm³/mol. The first kappa shape index (κ1) is 69.4. The summed E-state index contributed by atoms with van der Waals surface area (Å²) < 4.78 is 112. The molecule has 6 aromatic rings. The molecule has 2 fully saturated rings. The van der Waals surface area contributed by atoms with E-state index in [1.807, 2.05) is 88.1 Å². The Bertz CT molecular complexity index is 4350. The van der Waals surface area contributed by atoms with Crippen LogP contribution < -0.4 is 31.1 Å². The molecule has 5 heterocycles. The van der Waals surface area contributed by atoms with Crippen molar-refractivity contribution in [3.63, 3.8) is 0 Å². The van der Waals surface area contributed by atoms with Crippen LogP contribution in [0.25, 0.3) is 0 Å². The van der Waals surface area contributed by atoms with Gasteiger partial charge in [0.15, 0.2) is 5.71 Å². The molecule has 5 aromatic carbocycles. The van der Waals surface area contributed by atoms with Gasteiger partial charge in [0, 0.05) is 105 Å². The summed E-state index contributed by atoms with van der Waals surface area (Å²) in [4.78, 5) is 61.4. The first-order valence-corrected chi connectivity index (χ1v) is 35.7. The Morgan fingerprint density at radius 1 is 0.729 bits per heavy atom. The fraction of sp³-hybridized carbons (Fsp3) is 0.406. The highest BCUT2D eigenvalue weighted by molar-refractivity contribution is 7.86. The van der Waals surface area contributed by atoms with Gasteiger partial charge in [-0.3, -0.25) is 23.5 Å². The second-order valence-electron chi connectivity index (χ2n) is 26.1. The number of allylic oxidation sites excluding steroid dienone is 4. The lowest BCUT2D eigenvalue weighted by Gasteiger charge is -2.35. The number of benzene rings is 5. The summed E-state index contributed by atoms with van der Waals surface area (Å²) in [6, 6.07) is 26.3. The van der Waals surface area contributed by atoms with Crippen molar-refractivity contribution in [2.24, 2.45) is 0 Å². The zero-order chi connectivity index (χ0) is 68.7. The molecule has 5 aliphatic rings. The van der Waals surface area contributed by atoms with Crippen molar-refractivity contribution in [1.29, 1.82) is 0 Å². The third kappa shape index (κ3) is 14.7. The molecule has 2 unspecified atom stereocenters. The van der Waals surface area contributed by atoms with E-state index < -0.39 is 54.3 Å². The molecule has 6 N–H and O–H groups in total. The van der Waals surface area contributed by atoms with Gasteiger partial charge in [-0.1, -0.05) is 79.5 Å². The zero-order valence-corrected chi connectivity index (χ0v) is 57.0. The smallest absolute Gasteiger partial charge is 0.356 e. The summed E-state index contributed by atoms with van der Waals surface area (Å²) in [7, 11) is -8.93. The molecule has 508 valence electrons. The van der Waals surface area contributed by atoms with E-state index in [-0.39, 0.29) is 57.7 Å². The molecule has 0 saturated carbocycles. The van der Waals surface area contributed by atoms with Gasteiger partial charge in [0.05, 0.1) is 42.9 Å². The number of piperazine rings is 1. The topological polar surface area (TPSA) is 259 Å². The van der Waals surface area contributed by atoms with Crippen LogP contribution in [0.15, 0.2) is 137 Å². The molecule has 1 aromatic heterocycles. The summed E-state index contributed by atoms with van der Waals surface area (Å²) >= 11 is 12.5. The SMILES string of the molecule is CCN1C(=CC=CC2=[N+](CCCCCC(=O)NCCCCNC(=O)C3(Nc4nc(NCCc5ccc(Cl)c(Cl)c5)nc(N5CC6CC5CN6C(=O)c5cccc(C(F)(F)F)c5)n4)Cc4ccccc4C3)c3ccc(S(=O)(=O)O)cc3C2(C)C)C(C)(C)c2cc(S(=O)(=O)O)ccc21. The third-order valence-corrected chi connectivity index (χ3v) is 21.5. The molecule has 0 spiro atoms. The van der Waals surface area contributed by atoms with Crippen molar-refractivity contribution in [3.8, 4) is 0 Å². The Balaban J connectivity index is 0.706. The molecule has 2 atom stereocenters. The maximum Gasteiger partial charge on any atom is 0.416 e. The van der Waals surface area contributed by atoms with E-state index in [4.69, 9.17) is 38.2 Å². The third-order valence-electron chi connectivity index (χ3n) is 19.0. The molecule has 0 radical (unpaired) electrons. The molecule has 27 heteroatoms. The first-order chi connectivity index (χ1) is 45.4. The number of halogens is 5. The number of nitrogens with one attached hydrogen (secondary N) is 4. The molecular formula is C69H77Cl2F3N11O9S2+. The summed E-state index contributed by atoms with van der Waals surface area (Å²) in [6.45, 7) is 12.7. The Hall–Kier alpha value is -7.94. The number of aromatic nitrogens is 3. The molecule has 11 rings (SSSR count). The van der Waals surface area contributed by atoms with Crippen molar-refractivity contribution in [2.75, 3.05) is 66.2 Å². The van der Waals surface area contributed by atoms with Crippen LogP contribution >= 0.6 is 23.2 Å². The minimum atomic E-state index is -4.60. The highest BCUT2D eigenvalue weighted by atomic mass is 35.5. The summed E-state index contributed by atoms with van der Waals surface area (Å²) in [5.74, 6) is -0.196. The van der Waals surface area contributed by atoms with Crippen molar-refractivity contribution in [2.45, 2.75) is 143 Å². The fourth-order valence-electron chi connectivity index (χ4n) is 14.0. The number of hydrogen-bond donors (Lipinski definition) is 6. The van der Waals surface area contributed by atoms with Gasteiger partial charge in [0.2, 0.25) is 35.3 Å². The van der Waals surface area contributed by atoms with E-state index in [1.54, 1.807) is 29.2 Å². The summed E-state index contributed by atoms with van der Waals surface area (Å²) in [6.07, 6.45) is 6.47. The van der Waals surface area contributed by atoms with Gasteiger partial charge in [-0.2, -0.15) is 49.5 Å². The monoisotopic (exact) mass is 1390 g/mol. The number of likely N-dealkylation sites (N-methyl/N-ethyl adjacent to an activating group) is 1. The minimum absolute atomic E-state index is 0.0440. The van der Waals surface area contributed by atoms with Crippen LogP contribution in [0.5, 0.6) is 0 Å². The zero-order valence-electron chi connectivity index (χ0n) is 53.8. The van der Waals surface area contributed by atoms with Crippen LogP contribution in [0.4, 0.5) is 42.4 Å². The molecule has 3 amide bonds. The second kappa shape index (κ2) is 27.5. The number of unbranched alkanes of at least 4 members (excludes halogenated alkanes) is 3. The Morgan fingerprint density at radius 3 is 2.08 bits per heavy atom. The quantitative estimate of drug-likeness (QED) is 0.0177. The molecule has 20 nitrogen and oxygen atoms in total.